The zero-order valence-corrected chi connectivity index (χ0v) is 32.5. The van der Waals surface area contributed by atoms with Crippen LogP contribution < -0.4 is 4.90 Å². The van der Waals surface area contributed by atoms with Crippen molar-refractivity contribution in [1.29, 1.82) is 0 Å². The second-order valence-electron chi connectivity index (χ2n) is 19.0. The van der Waals surface area contributed by atoms with E-state index in [2.05, 4.69) is 173 Å². The van der Waals surface area contributed by atoms with E-state index in [1.165, 1.54) is 99.2 Å². The summed E-state index contributed by atoms with van der Waals surface area (Å²) in [6.07, 6.45) is 7.05. The molecule has 1 heteroatoms. The van der Waals surface area contributed by atoms with Crippen molar-refractivity contribution in [2.45, 2.75) is 83.0 Å². The zero-order chi connectivity index (χ0) is 36.6. The van der Waals surface area contributed by atoms with Gasteiger partial charge < -0.3 is 4.90 Å². The highest BCUT2D eigenvalue weighted by molar-refractivity contribution is 5.96. The molecule has 0 aromatic heterocycles. The molecular formula is C53H51N. The van der Waals surface area contributed by atoms with E-state index in [4.69, 9.17) is 0 Å². The molecule has 1 nitrogen and oxygen atoms in total. The van der Waals surface area contributed by atoms with Gasteiger partial charge in [0.05, 0.1) is 5.69 Å². The van der Waals surface area contributed by atoms with Crippen LogP contribution in [0.2, 0.25) is 0 Å². The molecule has 6 aliphatic rings. The molecule has 0 saturated heterocycles. The lowest BCUT2D eigenvalue weighted by Gasteiger charge is -2.61. The first kappa shape index (κ1) is 32.5. The van der Waals surface area contributed by atoms with Crippen molar-refractivity contribution in [3.8, 4) is 33.4 Å². The lowest BCUT2D eigenvalue weighted by Crippen LogP contribution is -2.55. The second-order valence-corrected chi connectivity index (χ2v) is 19.0. The van der Waals surface area contributed by atoms with E-state index in [-0.39, 0.29) is 16.2 Å². The van der Waals surface area contributed by atoms with Crippen molar-refractivity contribution in [1.82, 2.24) is 0 Å². The van der Waals surface area contributed by atoms with E-state index in [9.17, 15) is 0 Å². The molecular weight excluding hydrogens is 651 g/mol. The van der Waals surface area contributed by atoms with Crippen LogP contribution >= 0.6 is 0 Å². The number of hydrogen-bond acceptors (Lipinski definition) is 1. The third-order valence-electron chi connectivity index (χ3n) is 14.8. The number of fused-ring (bicyclic) bond motifs is 6. The van der Waals surface area contributed by atoms with E-state index < -0.39 is 0 Å². The van der Waals surface area contributed by atoms with Crippen LogP contribution in [0.15, 0.2) is 133 Å². The number of anilines is 3. The van der Waals surface area contributed by atoms with E-state index in [0.29, 0.717) is 0 Å². The van der Waals surface area contributed by atoms with Gasteiger partial charge in [0.1, 0.15) is 0 Å². The molecule has 0 amide bonds. The summed E-state index contributed by atoms with van der Waals surface area (Å²) in [4.78, 5) is 2.58. The largest absolute Gasteiger partial charge is 0.310 e. The van der Waals surface area contributed by atoms with Gasteiger partial charge in [0.2, 0.25) is 0 Å². The van der Waals surface area contributed by atoms with Crippen LogP contribution in [-0.2, 0) is 16.2 Å². The van der Waals surface area contributed by atoms with Crippen molar-refractivity contribution in [2.24, 2.45) is 23.7 Å². The average molecular weight is 702 g/mol. The predicted octanol–water partition coefficient (Wildman–Crippen LogP) is 14.1. The molecule has 6 aromatic rings. The Morgan fingerprint density at radius 1 is 0.500 bits per heavy atom. The Balaban J connectivity index is 1.15. The van der Waals surface area contributed by atoms with Crippen LogP contribution in [0.5, 0.6) is 0 Å². The molecule has 0 heterocycles. The normalized spacial score (nSPS) is 25.0. The molecule has 54 heavy (non-hydrogen) atoms. The van der Waals surface area contributed by atoms with Gasteiger partial charge in [0, 0.05) is 27.8 Å². The van der Waals surface area contributed by atoms with E-state index in [0.717, 1.165) is 23.7 Å². The van der Waals surface area contributed by atoms with Gasteiger partial charge in [-0.3, -0.25) is 0 Å². The Kier molecular flexibility index (Phi) is 6.83. The molecule has 4 fully saturated rings. The van der Waals surface area contributed by atoms with Crippen molar-refractivity contribution in [2.75, 3.05) is 4.90 Å². The smallest absolute Gasteiger partial charge is 0.0543 e. The van der Waals surface area contributed by atoms with Crippen LogP contribution in [0.3, 0.4) is 0 Å². The van der Waals surface area contributed by atoms with Crippen molar-refractivity contribution >= 4 is 17.1 Å². The maximum absolute atomic E-state index is 2.59. The molecule has 0 unspecified atom stereocenters. The minimum atomic E-state index is -0.0692. The topological polar surface area (TPSA) is 3.24 Å². The molecule has 6 aromatic carbocycles. The van der Waals surface area contributed by atoms with E-state index in [1.807, 2.05) is 0 Å². The van der Waals surface area contributed by atoms with Crippen LogP contribution in [0.4, 0.5) is 17.1 Å². The summed E-state index contributed by atoms with van der Waals surface area (Å²) < 4.78 is 0. The summed E-state index contributed by atoms with van der Waals surface area (Å²) in [7, 11) is 0. The molecule has 4 bridgehead atoms. The third kappa shape index (κ3) is 4.45. The monoisotopic (exact) mass is 701 g/mol. The average Bonchev–Trinajstić information content (AvgIpc) is 3.59. The van der Waals surface area contributed by atoms with Gasteiger partial charge in [-0.1, -0.05) is 132 Å². The second kappa shape index (κ2) is 11.3. The van der Waals surface area contributed by atoms with Crippen molar-refractivity contribution in [3.63, 3.8) is 0 Å². The van der Waals surface area contributed by atoms with Crippen LogP contribution in [0, 0.1) is 23.7 Å². The van der Waals surface area contributed by atoms with Gasteiger partial charge in [-0.2, -0.15) is 0 Å². The molecule has 0 atom stereocenters. The maximum Gasteiger partial charge on any atom is 0.0543 e. The van der Waals surface area contributed by atoms with Gasteiger partial charge in [-0.05, 0) is 153 Å². The van der Waals surface area contributed by atoms with Crippen LogP contribution in [-0.4, -0.2) is 0 Å². The molecule has 0 aliphatic heterocycles. The molecule has 0 N–H and O–H groups in total. The lowest BCUT2D eigenvalue weighted by molar-refractivity contribution is -0.0399. The minimum Gasteiger partial charge on any atom is -0.310 e. The molecule has 0 radical (unpaired) electrons. The summed E-state index contributed by atoms with van der Waals surface area (Å²) in [5.74, 6) is 3.32. The Hall–Kier alpha value is -4.88. The highest BCUT2D eigenvalue weighted by atomic mass is 15.1. The number of rotatable bonds is 4. The maximum atomic E-state index is 2.59. The summed E-state index contributed by atoms with van der Waals surface area (Å²) >= 11 is 0. The van der Waals surface area contributed by atoms with E-state index in [1.54, 1.807) is 11.1 Å². The minimum absolute atomic E-state index is 0.0692. The first-order valence-electron chi connectivity index (χ1n) is 20.6. The van der Waals surface area contributed by atoms with Gasteiger partial charge in [0.15, 0.2) is 0 Å². The zero-order valence-electron chi connectivity index (χ0n) is 32.5. The first-order valence-corrected chi connectivity index (χ1v) is 20.6. The standard InChI is InChI=1S/C53H51N/c1-51(2,3)37-19-21-40(22-20-37)54(49-17-11-16-48-50(49)42-14-9-10-15-45(42)52(48,4)5)41-23-25-47-44(32-41)43-31-36(35-12-7-6-8-13-35)18-24-46(43)53(47)38-27-33-26-34(29-38)30-39(53)28-33/h6-25,31-34,38-39H,26-30H2,1-5H3. The molecule has 268 valence electrons. The highest BCUT2D eigenvalue weighted by Crippen LogP contribution is 2.70. The lowest BCUT2D eigenvalue weighted by atomic mass is 9.43. The van der Waals surface area contributed by atoms with Gasteiger partial charge >= 0.3 is 0 Å². The molecule has 4 saturated carbocycles. The first-order chi connectivity index (χ1) is 26.1. The van der Waals surface area contributed by atoms with Gasteiger partial charge in [-0.25, -0.2) is 0 Å². The summed E-state index contributed by atoms with van der Waals surface area (Å²) in [5, 5.41) is 0. The SMILES string of the molecule is CC(C)(C)c1ccc(N(c2ccc3c(c2)-c2cc(-c4ccccc4)ccc2C32C3CC4CC(C3)CC2C4)c2cccc3c2-c2ccccc2C3(C)C)cc1. The van der Waals surface area contributed by atoms with Gasteiger partial charge in [0.25, 0.3) is 0 Å². The number of nitrogens with zero attached hydrogens (tertiary/aromatic N) is 1. The summed E-state index contributed by atoms with van der Waals surface area (Å²) in [5.41, 5.74) is 19.5. The van der Waals surface area contributed by atoms with Crippen LogP contribution in [0.1, 0.15) is 94.5 Å². The third-order valence-corrected chi connectivity index (χ3v) is 14.8. The Labute approximate surface area is 322 Å². The summed E-state index contributed by atoms with van der Waals surface area (Å²) in [6, 6.07) is 51.8. The Bertz CT molecular complexity index is 2430. The predicted molar refractivity (Wildman–Crippen MR) is 226 cm³/mol. The van der Waals surface area contributed by atoms with Crippen molar-refractivity contribution in [3.05, 3.63) is 161 Å². The van der Waals surface area contributed by atoms with E-state index >= 15 is 0 Å². The Morgan fingerprint density at radius 3 is 1.81 bits per heavy atom. The van der Waals surface area contributed by atoms with Gasteiger partial charge in [-0.15, -0.1) is 0 Å². The number of benzene rings is 6. The fourth-order valence-electron chi connectivity index (χ4n) is 12.6. The molecule has 1 spiro atoms. The highest BCUT2D eigenvalue weighted by Gasteiger charge is 2.61. The summed E-state index contributed by atoms with van der Waals surface area (Å²) in [6.45, 7) is 11.7. The molecule has 6 aliphatic carbocycles. The Morgan fingerprint density at radius 2 is 1.11 bits per heavy atom. The fraction of sp³-hybridized carbons (Fsp3) is 0.321. The quantitative estimate of drug-likeness (QED) is 0.177. The molecule has 12 rings (SSSR count). The number of hydrogen-bond donors (Lipinski definition) is 0. The van der Waals surface area contributed by atoms with Crippen molar-refractivity contribution < 1.29 is 0 Å². The van der Waals surface area contributed by atoms with Crippen LogP contribution in [0.25, 0.3) is 33.4 Å². The fourth-order valence-corrected chi connectivity index (χ4v) is 12.6.